The lowest BCUT2D eigenvalue weighted by Gasteiger charge is -2.16. The maximum absolute atomic E-state index is 7.44. The van der Waals surface area contributed by atoms with E-state index in [1.165, 1.54) is 0 Å². The minimum absolute atomic E-state index is 0.0952. The van der Waals surface area contributed by atoms with Gasteiger partial charge in [0.1, 0.15) is 18.0 Å². The quantitative estimate of drug-likeness (QED) is 0.611. The molecule has 3 N–H and O–H groups in total. The monoisotopic (exact) mass is 258 g/mol. The van der Waals surface area contributed by atoms with Crippen LogP contribution in [0.2, 0.25) is 0 Å². The number of aryl methyl sites for hydroxylation is 1. The van der Waals surface area contributed by atoms with Crippen LogP contribution in [-0.4, -0.2) is 32.5 Å². The molecule has 0 saturated heterocycles. The van der Waals surface area contributed by atoms with Crippen molar-refractivity contribution in [2.24, 2.45) is 12.8 Å². The zero-order valence-corrected chi connectivity index (χ0v) is 11.2. The summed E-state index contributed by atoms with van der Waals surface area (Å²) < 4.78 is 1.77. The number of aromatic nitrogens is 3. The molecule has 0 aliphatic carbocycles. The van der Waals surface area contributed by atoms with Gasteiger partial charge >= 0.3 is 0 Å². The van der Waals surface area contributed by atoms with Crippen LogP contribution in [0.25, 0.3) is 0 Å². The van der Waals surface area contributed by atoms with Gasteiger partial charge in [-0.3, -0.25) is 15.0 Å². The van der Waals surface area contributed by atoms with Gasteiger partial charge in [0.05, 0.1) is 6.54 Å². The number of hydrogen-bond acceptors (Lipinski definition) is 4. The van der Waals surface area contributed by atoms with Gasteiger partial charge in [-0.25, -0.2) is 4.98 Å². The lowest BCUT2D eigenvalue weighted by molar-refractivity contribution is 0.305. The van der Waals surface area contributed by atoms with Crippen molar-refractivity contribution in [1.82, 2.24) is 19.7 Å². The first-order valence-corrected chi connectivity index (χ1v) is 6.01. The SMILES string of the molecule is CN(Cc1cccc(C(=N)N)c1)Cc1ncnn1C. The van der Waals surface area contributed by atoms with Crippen LogP contribution in [0, 0.1) is 5.41 Å². The smallest absolute Gasteiger partial charge is 0.140 e. The average Bonchev–Trinajstić information content (AvgIpc) is 2.75. The fourth-order valence-electron chi connectivity index (χ4n) is 1.91. The van der Waals surface area contributed by atoms with E-state index in [9.17, 15) is 0 Å². The van der Waals surface area contributed by atoms with Gasteiger partial charge in [0.15, 0.2) is 0 Å². The highest BCUT2D eigenvalue weighted by Gasteiger charge is 2.07. The van der Waals surface area contributed by atoms with Crippen molar-refractivity contribution in [3.05, 3.63) is 47.5 Å². The number of hydrogen-bond donors (Lipinski definition) is 2. The topological polar surface area (TPSA) is 83.8 Å². The number of nitrogens with two attached hydrogens (primary N) is 1. The Balaban J connectivity index is 2.02. The maximum Gasteiger partial charge on any atom is 0.140 e. The van der Waals surface area contributed by atoms with E-state index >= 15 is 0 Å². The summed E-state index contributed by atoms with van der Waals surface area (Å²) in [7, 11) is 3.90. The summed E-state index contributed by atoms with van der Waals surface area (Å²) in [5.74, 6) is 1.02. The molecule has 0 fully saturated rings. The van der Waals surface area contributed by atoms with Crippen LogP contribution in [0.15, 0.2) is 30.6 Å². The second kappa shape index (κ2) is 5.62. The molecule has 19 heavy (non-hydrogen) atoms. The molecule has 0 spiro atoms. The van der Waals surface area contributed by atoms with Gasteiger partial charge in [-0.05, 0) is 18.7 Å². The van der Waals surface area contributed by atoms with Crippen LogP contribution in [0.4, 0.5) is 0 Å². The first-order chi connectivity index (χ1) is 9.06. The number of nitrogen functional groups attached to an aromatic ring is 1. The minimum Gasteiger partial charge on any atom is -0.384 e. The molecule has 2 rings (SSSR count). The Hall–Kier alpha value is -2.21. The first kappa shape index (κ1) is 13.2. The van der Waals surface area contributed by atoms with Gasteiger partial charge in [-0.1, -0.05) is 18.2 Å². The van der Waals surface area contributed by atoms with E-state index in [1.807, 2.05) is 38.4 Å². The molecule has 100 valence electrons. The van der Waals surface area contributed by atoms with Crippen LogP contribution < -0.4 is 5.73 Å². The fourth-order valence-corrected chi connectivity index (χ4v) is 1.91. The van der Waals surface area contributed by atoms with E-state index in [2.05, 4.69) is 15.0 Å². The van der Waals surface area contributed by atoms with Gasteiger partial charge in [0, 0.05) is 19.2 Å². The molecule has 1 heterocycles. The lowest BCUT2D eigenvalue weighted by Crippen LogP contribution is -2.20. The highest BCUT2D eigenvalue weighted by molar-refractivity contribution is 5.95. The first-order valence-electron chi connectivity index (χ1n) is 6.01. The van der Waals surface area contributed by atoms with Crippen molar-refractivity contribution in [3.8, 4) is 0 Å². The van der Waals surface area contributed by atoms with Crippen molar-refractivity contribution in [2.75, 3.05) is 7.05 Å². The molecule has 0 unspecified atom stereocenters. The number of amidine groups is 1. The van der Waals surface area contributed by atoms with Crippen LogP contribution in [0.3, 0.4) is 0 Å². The maximum atomic E-state index is 7.44. The third-order valence-electron chi connectivity index (χ3n) is 2.91. The largest absolute Gasteiger partial charge is 0.384 e. The summed E-state index contributed by atoms with van der Waals surface area (Å²) >= 11 is 0. The van der Waals surface area contributed by atoms with E-state index in [0.29, 0.717) is 0 Å². The second-order valence-corrected chi connectivity index (χ2v) is 4.59. The number of rotatable bonds is 5. The standard InChI is InChI=1S/C13H18N6/c1-18(8-12-16-9-17-19(12)2)7-10-4-3-5-11(6-10)13(14)15/h3-6,9H,7-8H2,1-2H3,(H3,14,15). The Morgan fingerprint density at radius 2 is 2.21 bits per heavy atom. The molecule has 6 heteroatoms. The summed E-state index contributed by atoms with van der Waals surface area (Å²) in [5.41, 5.74) is 7.37. The third kappa shape index (κ3) is 3.38. The zero-order valence-electron chi connectivity index (χ0n) is 11.2. The summed E-state index contributed by atoms with van der Waals surface area (Å²) in [4.78, 5) is 6.34. The average molecular weight is 258 g/mol. The number of nitrogens with one attached hydrogen (secondary N) is 1. The molecule has 2 aromatic rings. The highest BCUT2D eigenvalue weighted by atomic mass is 15.3. The third-order valence-corrected chi connectivity index (χ3v) is 2.91. The van der Waals surface area contributed by atoms with E-state index in [4.69, 9.17) is 11.1 Å². The fraction of sp³-hybridized carbons (Fsp3) is 0.308. The van der Waals surface area contributed by atoms with Crippen molar-refractivity contribution >= 4 is 5.84 Å². The molecule has 0 aliphatic rings. The number of benzene rings is 1. The van der Waals surface area contributed by atoms with Crippen molar-refractivity contribution < 1.29 is 0 Å². The Morgan fingerprint density at radius 3 is 2.84 bits per heavy atom. The molecular formula is C13H18N6. The molecule has 0 saturated carbocycles. The van der Waals surface area contributed by atoms with E-state index in [0.717, 1.165) is 30.0 Å². The highest BCUT2D eigenvalue weighted by Crippen LogP contribution is 2.08. The molecule has 0 amide bonds. The number of nitrogens with zero attached hydrogens (tertiary/aromatic N) is 4. The van der Waals surface area contributed by atoms with Crippen molar-refractivity contribution in [3.63, 3.8) is 0 Å². The molecule has 1 aromatic heterocycles. The summed E-state index contributed by atoms with van der Waals surface area (Å²) in [6, 6.07) is 7.73. The van der Waals surface area contributed by atoms with E-state index < -0.39 is 0 Å². The van der Waals surface area contributed by atoms with Crippen LogP contribution in [0.5, 0.6) is 0 Å². The van der Waals surface area contributed by atoms with Gasteiger partial charge in [-0.15, -0.1) is 0 Å². The van der Waals surface area contributed by atoms with Gasteiger partial charge in [0.25, 0.3) is 0 Å². The molecule has 1 aromatic carbocycles. The zero-order chi connectivity index (χ0) is 13.8. The van der Waals surface area contributed by atoms with Gasteiger partial charge < -0.3 is 5.73 Å². The molecular weight excluding hydrogens is 240 g/mol. The molecule has 0 radical (unpaired) electrons. The van der Waals surface area contributed by atoms with Crippen LogP contribution in [-0.2, 0) is 20.1 Å². The normalized spacial score (nSPS) is 10.9. The lowest BCUT2D eigenvalue weighted by atomic mass is 10.1. The summed E-state index contributed by atoms with van der Waals surface area (Å²) in [6.07, 6.45) is 1.56. The van der Waals surface area contributed by atoms with Crippen LogP contribution >= 0.6 is 0 Å². The Kier molecular flexibility index (Phi) is 3.91. The van der Waals surface area contributed by atoms with Crippen molar-refractivity contribution in [2.45, 2.75) is 13.1 Å². The molecule has 6 nitrogen and oxygen atoms in total. The van der Waals surface area contributed by atoms with Gasteiger partial charge in [-0.2, -0.15) is 5.10 Å². The van der Waals surface area contributed by atoms with E-state index in [1.54, 1.807) is 11.0 Å². The molecule has 0 atom stereocenters. The molecule has 0 aliphatic heterocycles. The van der Waals surface area contributed by atoms with Crippen LogP contribution in [0.1, 0.15) is 17.0 Å². The summed E-state index contributed by atoms with van der Waals surface area (Å²) in [5, 5.41) is 11.5. The van der Waals surface area contributed by atoms with Gasteiger partial charge in [0.2, 0.25) is 0 Å². The van der Waals surface area contributed by atoms with E-state index in [-0.39, 0.29) is 5.84 Å². The van der Waals surface area contributed by atoms with Crippen molar-refractivity contribution in [1.29, 1.82) is 5.41 Å². The minimum atomic E-state index is 0.0952. The Labute approximate surface area is 112 Å². The Morgan fingerprint density at radius 1 is 1.42 bits per heavy atom. The predicted octanol–water partition coefficient (Wildman–Crippen LogP) is 0.731. The summed E-state index contributed by atoms with van der Waals surface area (Å²) in [6.45, 7) is 1.49. The second-order valence-electron chi connectivity index (χ2n) is 4.59. The Bertz CT molecular complexity index is 574. The predicted molar refractivity (Wildman–Crippen MR) is 73.6 cm³/mol. The molecule has 0 bridgehead atoms.